The summed E-state index contributed by atoms with van der Waals surface area (Å²) in [7, 11) is 0. The number of hydrogen-bond acceptors (Lipinski definition) is 4. The van der Waals surface area contributed by atoms with E-state index in [1.54, 1.807) is 0 Å². The van der Waals surface area contributed by atoms with Crippen LogP contribution in [0.1, 0.15) is 30.9 Å². The zero-order chi connectivity index (χ0) is 14.4. The number of hydrogen-bond donors (Lipinski definition) is 1. The molecule has 1 N–H and O–H groups in total. The molecule has 0 aliphatic carbocycles. The molecule has 0 saturated heterocycles. The first-order valence-electron chi connectivity index (χ1n) is 6.64. The van der Waals surface area contributed by atoms with E-state index in [9.17, 15) is 0 Å². The van der Waals surface area contributed by atoms with Gasteiger partial charge in [-0.1, -0.05) is 53.1 Å². The zero-order valence-electron chi connectivity index (χ0n) is 11.7. The third-order valence-corrected chi connectivity index (χ3v) is 3.53. The van der Waals surface area contributed by atoms with Crippen molar-refractivity contribution in [1.29, 1.82) is 0 Å². The molecule has 1 aromatic carbocycles. The molecule has 4 nitrogen and oxygen atoms in total. The molecule has 0 amide bonds. The first-order chi connectivity index (χ1) is 9.65. The van der Waals surface area contributed by atoms with Gasteiger partial charge >= 0.3 is 0 Å². The van der Waals surface area contributed by atoms with Gasteiger partial charge < -0.3 is 14.6 Å². The van der Waals surface area contributed by atoms with Crippen LogP contribution in [0.4, 0.5) is 0 Å². The standard InChI is InChI=1S/C15H19BrN2O2/c1-11(2)17-8-13-7-14(20-18-13)10-19-9-12-5-3-4-6-15(12)16/h3-7,11,17H,8-10H2,1-2H3. The fourth-order valence-corrected chi connectivity index (χ4v) is 2.09. The number of aromatic nitrogens is 1. The monoisotopic (exact) mass is 338 g/mol. The lowest BCUT2D eigenvalue weighted by Crippen LogP contribution is -2.21. The predicted molar refractivity (Wildman–Crippen MR) is 81.1 cm³/mol. The smallest absolute Gasteiger partial charge is 0.162 e. The summed E-state index contributed by atoms with van der Waals surface area (Å²) in [5, 5.41) is 7.30. The topological polar surface area (TPSA) is 47.3 Å². The normalized spacial score (nSPS) is 11.2. The summed E-state index contributed by atoms with van der Waals surface area (Å²) in [5.74, 6) is 0.748. The van der Waals surface area contributed by atoms with E-state index in [4.69, 9.17) is 9.26 Å². The second-order valence-corrected chi connectivity index (χ2v) is 5.76. The summed E-state index contributed by atoms with van der Waals surface area (Å²) in [4.78, 5) is 0. The van der Waals surface area contributed by atoms with Gasteiger partial charge in [-0.3, -0.25) is 0 Å². The van der Waals surface area contributed by atoms with Crippen molar-refractivity contribution >= 4 is 15.9 Å². The van der Waals surface area contributed by atoms with E-state index in [0.29, 0.717) is 25.8 Å². The SMILES string of the molecule is CC(C)NCc1cc(COCc2ccccc2Br)on1. The lowest BCUT2D eigenvalue weighted by molar-refractivity contribution is 0.0879. The Balaban J connectivity index is 1.78. The minimum Gasteiger partial charge on any atom is -0.369 e. The molecule has 0 spiro atoms. The Labute approximate surface area is 127 Å². The highest BCUT2D eigenvalue weighted by atomic mass is 79.9. The van der Waals surface area contributed by atoms with Crippen molar-refractivity contribution in [2.45, 2.75) is 39.6 Å². The van der Waals surface area contributed by atoms with E-state index in [1.165, 1.54) is 0 Å². The van der Waals surface area contributed by atoms with Crippen LogP contribution in [-0.2, 0) is 24.5 Å². The molecule has 0 atom stereocenters. The van der Waals surface area contributed by atoms with Crippen LogP contribution in [0.3, 0.4) is 0 Å². The summed E-state index contributed by atoms with van der Waals surface area (Å²) in [6, 6.07) is 10.4. The number of ether oxygens (including phenoxy) is 1. The molecule has 2 rings (SSSR count). The molecule has 0 bridgehead atoms. The Morgan fingerprint density at radius 2 is 2.10 bits per heavy atom. The number of nitrogens with one attached hydrogen (secondary N) is 1. The highest BCUT2D eigenvalue weighted by Crippen LogP contribution is 2.17. The number of nitrogens with zero attached hydrogens (tertiary/aromatic N) is 1. The predicted octanol–water partition coefficient (Wildman–Crippen LogP) is 3.65. The highest BCUT2D eigenvalue weighted by Gasteiger charge is 2.05. The number of benzene rings is 1. The third kappa shape index (κ3) is 4.74. The van der Waals surface area contributed by atoms with E-state index in [0.717, 1.165) is 21.5 Å². The molecular weight excluding hydrogens is 320 g/mol. The van der Waals surface area contributed by atoms with E-state index in [1.807, 2.05) is 30.3 Å². The Morgan fingerprint density at radius 3 is 2.85 bits per heavy atom. The van der Waals surface area contributed by atoms with Crippen LogP contribution in [0.5, 0.6) is 0 Å². The van der Waals surface area contributed by atoms with Gasteiger partial charge in [0.25, 0.3) is 0 Å². The van der Waals surface area contributed by atoms with E-state index >= 15 is 0 Å². The van der Waals surface area contributed by atoms with Crippen molar-refractivity contribution < 1.29 is 9.26 Å². The molecule has 5 heteroatoms. The minimum atomic E-state index is 0.427. The minimum absolute atomic E-state index is 0.427. The highest BCUT2D eigenvalue weighted by molar-refractivity contribution is 9.10. The van der Waals surface area contributed by atoms with Gasteiger partial charge in [-0.05, 0) is 11.6 Å². The van der Waals surface area contributed by atoms with E-state index in [-0.39, 0.29) is 0 Å². The zero-order valence-corrected chi connectivity index (χ0v) is 13.3. The van der Waals surface area contributed by atoms with Crippen molar-refractivity contribution in [1.82, 2.24) is 10.5 Å². The molecule has 0 saturated carbocycles. The number of rotatable bonds is 7. The molecule has 1 heterocycles. The maximum absolute atomic E-state index is 5.64. The van der Waals surface area contributed by atoms with Crippen molar-refractivity contribution in [2.75, 3.05) is 0 Å². The fraction of sp³-hybridized carbons (Fsp3) is 0.400. The van der Waals surface area contributed by atoms with Crippen LogP contribution in [-0.4, -0.2) is 11.2 Å². The van der Waals surface area contributed by atoms with Gasteiger partial charge in [0.15, 0.2) is 5.76 Å². The van der Waals surface area contributed by atoms with Gasteiger partial charge in [-0.2, -0.15) is 0 Å². The van der Waals surface area contributed by atoms with Crippen LogP contribution in [0.2, 0.25) is 0 Å². The molecular formula is C15H19BrN2O2. The van der Waals surface area contributed by atoms with Crippen LogP contribution in [0.25, 0.3) is 0 Å². The molecule has 108 valence electrons. The Bertz CT molecular complexity index is 540. The lowest BCUT2D eigenvalue weighted by atomic mass is 10.2. The molecule has 1 aromatic heterocycles. The molecule has 0 radical (unpaired) electrons. The largest absolute Gasteiger partial charge is 0.369 e. The van der Waals surface area contributed by atoms with Crippen molar-refractivity contribution in [2.24, 2.45) is 0 Å². The molecule has 0 unspecified atom stereocenters. The molecule has 2 aromatic rings. The number of halogens is 1. The summed E-state index contributed by atoms with van der Waals surface area (Å²) in [5.41, 5.74) is 2.02. The fourth-order valence-electron chi connectivity index (χ4n) is 1.69. The van der Waals surface area contributed by atoms with Crippen molar-refractivity contribution in [3.8, 4) is 0 Å². The molecule has 0 aliphatic heterocycles. The van der Waals surface area contributed by atoms with Crippen LogP contribution in [0.15, 0.2) is 39.3 Å². The summed E-state index contributed by atoms with van der Waals surface area (Å²) < 4.78 is 11.9. The van der Waals surface area contributed by atoms with Gasteiger partial charge in [-0.25, -0.2) is 0 Å². The Kier molecular flexibility index (Phi) is 5.76. The van der Waals surface area contributed by atoms with Gasteiger partial charge in [0.1, 0.15) is 6.61 Å². The van der Waals surface area contributed by atoms with Gasteiger partial charge in [-0.15, -0.1) is 0 Å². The maximum Gasteiger partial charge on any atom is 0.162 e. The Hall–Kier alpha value is -1.17. The van der Waals surface area contributed by atoms with Gasteiger partial charge in [0.05, 0.1) is 12.3 Å². The van der Waals surface area contributed by atoms with Crippen molar-refractivity contribution in [3.63, 3.8) is 0 Å². The quantitative estimate of drug-likeness (QED) is 0.836. The first-order valence-corrected chi connectivity index (χ1v) is 7.43. The first kappa shape index (κ1) is 15.2. The van der Waals surface area contributed by atoms with E-state index in [2.05, 4.69) is 40.3 Å². The summed E-state index contributed by atoms with van der Waals surface area (Å²) in [6.45, 7) is 5.88. The summed E-state index contributed by atoms with van der Waals surface area (Å²) in [6.07, 6.45) is 0. The average Bonchev–Trinajstić information content (AvgIpc) is 2.87. The molecule has 0 fully saturated rings. The van der Waals surface area contributed by atoms with E-state index < -0.39 is 0 Å². The van der Waals surface area contributed by atoms with Gasteiger partial charge in [0, 0.05) is 23.1 Å². The maximum atomic E-state index is 5.64. The summed E-state index contributed by atoms with van der Waals surface area (Å²) >= 11 is 3.50. The second-order valence-electron chi connectivity index (χ2n) is 4.90. The Morgan fingerprint density at radius 1 is 1.30 bits per heavy atom. The second kappa shape index (κ2) is 7.57. The third-order valence-electron chi connectivity index (χ3n) is 2.76. The molecule has 20 heavy (non-hydrogen) atoms. The molecule has 0 aliphatic rings. The van der Waals surface area contributed by atoms with Crippen LogP contribution < -0.4 is 5.32 Å². The van der Waals surface area contributed by atoms with Crippen LogP contribution in [0, 0.1) is 0 Å². The van der Waals surface area contributed by atoms with Gasteiger partial charge in [0.2, 0.25) is 0 Å². The van der Waals surface area contributed by atoms with Crippen molar-refractivity contribution in [3.05, 3.63) is 51.8 Å². The van der Waals surface area contributed by atoms with Crippen LogP contribution >= 0.6 is 15.9 Å². The average molecular weight is 339 g/mol. The lowest BCUT2D eigenvalue weighted by Gasteiger charge is -2.04.